The molecule has 0 bridgehead atoms. The molecule has 2 heterocycles. The fourth-order valence-electron chi connectivity index (χ4n) is 3.91. The lowest BCUT2D eigenvalue weighted by Gasteiger charge is -2.47. The van der Waals surface area contributed by atoms with E-state index in [0.717, 1.165) is 27.0 Å². The number of halogens is 1. The third-order valence-electron chi connectivity index (χ3n) is 5.99. The van der Waals surface area contributed by atoms with Gasteiger partial charge in [-0.3, -0.25) is 14.6 Å². The van der Waals surface area contributed by atoms with Crippen molar-refractivity contribution < 1.29 is 0 Å². The number of aromatic amines is 1. The molecule has 0 aliphatic carbocycles. The van der Waals surface area contributed by atoms with Crippen molar-refractivity contribution in [1.82, 2.24) is 9.78 Å². The topological polar surface area (TPSA) is 37.8 Å². The maximum absolute atomic E-state index is 12.9. The molecule has 0 saturated heterocycles. The number of hydrogen-bond donors (Lipinski definition) is 1. The molecule has 3 aromatic rings. The first-order chi connectivity index (χ1) is 11.7. The van der Waals surface area contributed by atoms with Gasteiger partial charge in [0.05, 0.1) is 16.9 Å². The lowest BCUT2D eigenvalue weighted by Crippen LogP contribution is -2.46. The van der Waals surface area contributed by atoms with Crippen LogP contribution in [0.25, 0.3) is 16.8 Å². The van der Waals surface area contributed by atoms with Crippen LogP contribution in [0.4, 0.5) is 0 Å². The molecule has 128 valence electrons. The Balaban J connectivity index is 2.14. The molecule has 0 spiro atoms. The van der Waals surface area contributed by atoms with Crippen molar-refractivity contribution in [2.45, 2.75) is 38.5 Å². The molecule has 0 radical (unpaired) electrons. The highest BCUT2D eigenvalue weighted by atomic mass is 79.9. The van der Waals surface area contributed by atoms with Crippen LogP contribution in [0.1, 0.15) is 39.0 Å². The number of nitrogens with one attached hydrogen (secondary N) is 1. The van der Waals surface area contributed by atoms with Crippen LogP contribution in [0.3, 0.4) is 0 Å². The van der Waals surface area contributed by atoms with Gasteiger partial charge in [0, 0.05) is 15.3 Å². The number of rotatable bonds is 1. The van der Waals surface area contributed by atoms with E-state index in [-0.39, 0.29) is 16.4 Å². The zero-order valence-electron chi connectivity index (χ0n) is 14.9. The minimum atomic E-state index is -0.231. The highest BCUT2D eigenvalue weighted by Gasteiger charge is 2.48. The average Bonchev–Trinajstić information content (AvgIpc) is 2.92. The zero-order valence-corrected chi connectivity index (χ0v) is 16.4. The molecule has 0 fully saturated rings. The van der Waals surface area contributed by atoms with E-state index in [1.165, 1.54) is 5.56 Å². The van der Waals surface area contributed by atoms with Crippen LogP contribution < -0.4 is 5.56 Å². The molecule has 0 amide bonds. The molecule has 2 aromatic carbocycles. The maximum atomic E-state index is 12.9. The molecule has 3 nitrogen and oxygen atoms in total. The van der Waals surface area contributed by atoms with Gasteiger partial charge in [-0.1, -0.05) is 74.0 Å². The van der Waals surface area contributed by atoms with Crippen molar-refractivity contribution in [3.63, 3.8) is 0 Å². The monoisotopic (exact) mass is 396 g/mol. The third kappa shape index (κ3) is 2.13. The van der Waals surface area contributed by atoms with Crippen molar-refractivity contribution in [2.24, 2.45) is 0 Å². The van der Waals surface area contributed by atoms with Crippen molar-refractivity contribution in [2.75, 3.05) is 0 Å². The van der Waals surface area contributed by atoms with Gasteiger partial charge in [-0.25, -0.2) is 0 Å². The molecule has 4 rings (SSSR count). The van der Waals surface area contributed by atoms with Gasteiger partial charge in [0.15, 0.2) is 0 Å². The van der Waals surface area contributed by atoms with E-state index >= 15 is 0 Å². The second-order valence-electron chi connectivity index (χ2n) is 7.78. The Hall–Kier alpha value is -2.07. The molecule has 1 aromatic heterocycles. The van der Waals surface area contributed by atoms with Gasteiger partial charge in [-0.15, -0.1) is 0 Å². The quantitative estimate of drug-likeness (QED) is 0.605. The van der Waals surface area contributed by atoms with E-state index in [0.29, 0.717) is 0 Å². The van der Waals surface area contributed by atoms with Gasteiger partial charge in [-0.05, 0) is 29.3 Å². The van der Waals surface area contributed by atoms with Gasteiger partial charge < -0.3 is 0 Å². The predicted octanol–water partition coefficient (Wildman–Crippen LogP) is 5.16. The largest absolute Gasteiger partial charge is 0.272 e. The fraction of sp³-hybridized carbons (Fsp3) is 0.286. The number of H-pyrrole nitrogens is 1. The minimum absolute atomic E-state index is 0.0409. The summed E-state index contributed by atoms with van der Waals surface area (Å²) in [6, 6.07) is 16.2. The predicted molar refractivity (Wildman–Crippen MR) is 106 cm³/mol. The highest BCUT2D eigenvalue weighted by molar-refractivity contribution is 9.10. The summed E-state index contributed by atoms with van der Waals surface area (Å²) in [6.45, 7) is 8.97. The number of nitrogens with zero attached hydrogens (tertiary/aromatic N) is 1. The summed E-state index contributed by atoms with van der Waals surface area (Å²) in [7, 11) is 0. The van der Waals surface area contributed by atoms with Gasteiger partial charge in [0.2, 0.25) is 0 Å². The van der Waals surface area contributed by atoms with Gasteiger partial charge in [-0.2, -0.15) is 0 Å². The van der Waals surface area contributed by atoms with Crippen LogP contribution in [0.5, 0.6) is 0 Å². The maximum Gasteiger partial charge on any atom is 0.272 e. The molecular weight excluding hydrogens is 376 g/mol. The van der Waals surface area contributed by atoms with E-state index < -0.39 is 0 Å². The summed E-state index contributed by atoms with van der Waals surface area (Å²) < 4.78 is 3.04. The van der Waals surface area contributed by atoms with Crippen LogP contribution in [0.2, 0.25) is 0 Å². The summed E-state index contributed by atoms with van der Waals surface area (Å²) in [5.74, 6) is 0. The van der Waals surface area contributed by atoms with Crippen molar-refractivity contribution >= 4 is 15.9 Å². The second-order valence-corrected chi connectivity index (χ2v) is 8.69. The summed E-state index contributed by atoms with van der Waals surface area (Å²) in [5.41, 5.74) is 4.64. The Labute approximate surface area is 155 Å². The smallest absolute Gasteiger partial charge is 0.267 e. The van der Waals surface area contributed by atoms with Crippen LogP contribution in [0, 0.1) is 0 Å². The molecule has 0 atom stereocenters. The lowest BCUT2D eigenvalue weighted by atomic mass is 9.59. The van der Waals surface area contributed by atoms with Gasteiger partial charge >= 0.3 is 0 Å². The highest BCUT2D eigenvalue weighted by Crippen LogP contribution is 2.51. The Morgan fingerprint density at radius 1 is 0.960 bits per heavy atom. The molecule has 1 aliphatic heterocycles. The van der Waals surface area contributed by atoms with Crippen LogP contribution >= 0.6 is 15.9 Å². The number of hydrogen-bond acceptors (Lipinski definition) is 1. The molecule has 4 heteroatoms. The summed E-state index contributed by atoms with van der Waals surface area (Å²) in [4.78, 5) is 12.9. The average molecular weight is 397 g/mol. The van der Waals surface area contributed by atoms with Crippen LogP contribution in [0.15, 0.2) is 57.8 Å². The molecule has 1 aliphatic rings. The molecular formula is C21H21BrN2O. The summed E-state index contributed by atoms with van der Waals surface area (Å²) in [5, 5.41) is 3.08. The van der Waals surface area contributed by atoms with Gasteiger partial charge in [0.25, 0.3) is 5.56 Å². The van der Waals surface area contributed by atoms with E-state index in [9.17, 15) is 4.79 Å². The third-order valence-corrected chi connectivity index (χ3v) is 6.48. The molecule has 0 saturated carbocycles. The molecule has 25 heavy (non-hydrogen) atoms. The molecule has 1 N–H and O–H groups in total. The summed E-state index contributed by atoms with van der Waals surface area (Å²) >= 11 is 3.59. The molecule has 0 unspecified atom stereocenters. The van der Waals surface area contributed by atoms with Crippen molar-refractivity contribution in [3.05, 3.63) is 74.6 Å². The first-order valence-electron chi connectivity index (χ1n) is 8.46. The van der Waals surface area contributed by atoms with Crippen LogP contribution in [-0.4, -0.2) is 9.78 Å². The number of fused-ring (bicyclic) bond motifs is 3. The van der Waals surface area contributed by atoms with Crippen LogP contribution in [-0.2, 0) is 10.8 Å². The lowest BCUT2D eigenvalue weighted by molar-refractivity contribution is 0.276. The number of aromatic nitrogens is 2. The number of benzene rings is 2. The Morgan fingerprint density at radius 2 is 1.64 bits per heavy atom. The minimum Gasteiger partial charge on any atom is -0.267 e. The first kappa shape index (κ1) is 16.4. The standard InChI is InChI=1S/C21H21BrN2O/c1-20(2)15-12-14(22)10-11-16(15)24-18(21(20,3)4)17(19(25)23-24)13-8-6-5-7-9-13/h5-12H,1-4H3,(H,23,25). The fourth-order valence-corrected chi connectivity index (χ4v) is 4.28. The normalized spacial score (nSPS) is 17.0. The SMILES string of the molecule is CC1(C)c2cc(Br)ccc2-n2[nH]c(=O)c(-c3ccccc3)c2C1(C)C. The van der Waals surface area contributed by atoms with E-state index in [1.54, 1.807) is 0 Å². The van der Waals surface area contributed by atoms with Gasteiger partial charge in [0.1, 0.15) is 0 Å². The first-order valence-corrected chi connectivity index (χ1v) is 9.26. The van der Waals surface area contributed by atoms with Crippen molar-refractivity contribution in [1.29, 1.82) is 0 Å². The Morgan fingerprint density at radius 3 is 2.32 bits per heavy atom. The summed E-state index contributed by atoms with van der Waals surface area (Å²) in [6.07, 6.45) is 0. The van der Waals surface area contributed by atoms with E-state index in [2.05, 4.69) is 60.9 Å². The van der Waals surface area contributed by atoms with Crippen molar-refractivity contribution in [3.8, 4) is 16.8 Å². The Bertz CT molecular complexity index is 1030. The van der Waals surface area contributed by atoms with E-state index in [1.807, 2.05) is 41.1 Å². The zero-order chi connectivity index (χ0) is 18.0. The van der Waals surface area contributed by atoms with E-state index in [4.69, 9.17) is 0 Å². The Kier molecular flexibility index (Phi) is 3.42. The second kappa shape index (κ2) is 5.21.